The average molecular weight is 268 g/mol. The van der Waals surface area contributed by atoms with Crippen molar-refractivity contribution in [2.45, 2.75) is 19.4 Å². The Bertz CT molecular complexity index is 382. The summed E-state index contributed by atoms with van der Waals surface area (Å²) in [7, 11) is 1.81. The van der Waals surface area contributed by atoms with E-state index in [0.29, 0.717) is 11.4 Å². The fourth-order valence-electron chi connectivity index (χ4n) is 1.47. The lowest BCUT2D eigenvalue weighted by Crippen LogP contribution is -2.35. The molecule has 6 heteroatoms. The van der Waals surface area contributed by atoms with Crippen LogP contribution >= 0.6 is 11.8 Å². The van der Waals surface area contributed by atoms with E-state index in [4.69, 9.17) is 5.84 Å². The van der Waals surface area contributed by atoms with Gasteiger partial charge in [0.25, 0.3) is 5.91 Å². The molecule has 0 fully saturated rings. The van der Waals surface area contributed by atoms with Gasteiger partial charge in [0.2, 0.25) is 0 Å². The number of anilines is 1. The van der Waals surface area contributed by atoms with E-state index in [9.17, 15) is 4.79 Å². The molecule has 0 aliphatic rings. The number of pyridine rings is 1. The molecule has 18 heavy (non-hydrogen) atoms. The smallest absolute Gasteiger partial charge is 0.272 e. The summed E-state index contributed by atoms with van der Waals surface area (Å²) in [6, 6.07) is 3.62. The van der Waals surface area contributed by atoms with Gasteiger partial charge in [0, 0.05) is 13.1 Å². The molecule has 1 amide bonds. The Morgan fingerprint density at radius 2 is 2.33 bits per heavy atom. The van der Waals surface area contributed by atoms with E-state index in [-0.39, 0.29) is 11.9 Å². The molecule has 0 aromatic carbocycles. The Morgan fingerprint density at radius 3 is 2.83 bits per heavy atom. The Hall–Kier alpha value is -1.27. The van der Waals surface area contributed by atoms with Crippen LogP contribution in [-0.2, 0) is 0 Å². The fourth-order valence-corrected chi connectivity index (χ4v) is 2.05. The van der Waals surface area contributed by atoms with Crippen LogP contribution in [0.5, 0.6) is 0 Å². The van der Waals surface area contributed by atoms with Gasteiger partial charge >= 0.3 is 0 Å². The highest BCUT2D eigenvalue weighted by Gasteiger charge is 2.18. The van der Waals surface area contributed by atoms with E-state index in [1.807, 2.05) is 14.0 Å². The van der Waals surface area contributed by atoms with Gasteiger partial charge in [-0.05, 0) is 37.5 Å². The van der Waals surface area contributed by atoms with Crippen LogP contribution in [-0.4, -0.2) is 40.9 Å². The quantitative estimate of drug-likeness (QED) is 0.605. The highest BCUT2D eigenvalue weighted by atomic mass is 32.2. The van der Waals surface area contributed by atoms with Gasteiger partial charge in [-0.2, -0.15) is 11.8 Å². The predicted octanol–water partition coefficient (Wildman–Crippen LogP) is 1.58. The first-order chi connectivity index (χ1) is 8.60. The number of rotatable bonds is 6. The monoisotopic (exact) mass is 268 g/mol. The summed E-state index contributed by atoms with van der Waals surface area (Å²) in [5, 5.41) is 0. The van der Waals surface area contributed by atoms with Crippen molar-refractivity contribution in [3.8, 4) is 0 Å². The molecule has 0 saturated heterocycles. The number of aromatic nitrogens is 1. The number of hydrogen-bond acceptors (Lipinski definition) is 5. The van der Waals surface area contributed by atoms with Crippen LogP contribution < -0.4 is 11.3 Å². The van der Waals surface area contributed by atoms with E-state index < -0.39 is 0 Å². The number of hydrazine groups is 1. The first kappa shape index (κ1) is 14.8. The Labute approximate surface area is 112 Å². The molecule has 0 aliphatic carbocycles. The maximum atomic E-state index is 12.2. The Balaban J connectivity index is 2.67. The molecular weight excluding hydrogens is 248 g/mol. The van der Waals surface area contributed by atoms with Crippen LogP contribution in [0.2, 0.25) is 0 Å². The summed E-state index contributed by atoms with van der Waals surface area (Å²) in [5.41, 5.74) is 3.61. The minimum Gasteiger partial charge on any atom is -0.338 e. The van der Waals surface area contributed by atoms with E-state index in [1.54, 1.807) is 35.0 Å². The summed E-state index contributed by atoms with van der Waals surface area (Å²) in [6.45, 7) is 2.05. The van der Waals surface area contributed by atoms with Crippen molar-refractivity contribution in [2.75, 3.05) is 24.5 Å². The third kappa shape index (κ3) is 3.89. The standard InChI is InChI=1S/C12H20N4OS/c1-9(6-7-18-3)16(2)12(17)11-5-4-10(15-13)8-14-11/h4-5,8-9,15H,6-7,13H2,1-3H3. The number of nitrogen functional groups attached to an aromatic ring is 1. The summed E-state index contributed by atoms with van der Waals surface area (Å²) < 4.78 is 0. The zero-order chi connectivity index (χ0) is 13.5. The maximum absolute atomic E-state index is 12.2. The van der Waals surface area contributed by atoms with Crippen LogP contribution in [0.3, 0.4) is 0 Å². The number of nitrogens with one attached hydrogen (secondary N) is 1. The number of hydrogen-bond donors (Lipinski definition) is 2. The zero-order valence-electron chi connectivity index (χ0n) is 11.0. The second-order valence-corrected chi connectivity index (χ2v) is 5.11. The number of carbonyl (C=O) groups excluding carboxylic acids is 1. The lowest BCUT2D eigenvalue weighted by atomic mass is 10.2. The number of amides is 1. The summed E-state index contributed by atoms with van der Waals surface area (Å²) >= 11 is 1.78. The second kappa shape index (κ2) is 7.23. The SMILES string of the molecule is CSCCC(C)N(C)C(=O)c1ccc(NN)cn1. The van der Waals surface area contributed by atoms with Crippen molar-refractivity contribution in [2.24, 2.45) is 5.84 Å². The number of carbonyl (C=O) groups is 1. The largest absolute Gasteiger partial charge is 0.338 e. The molecule has 3 N–H and O–H groups in total. The van der Waals surface area contributed by atoms with Gasteiger partial charge in [0.15, 0.2) is 0 Å². The topological polar surface area (TPSA) is 71.2 Å². The molecule has 1 aromatic rings. The van der Waals surface area contributed by atoms with E-state index in [2.05, 4.69) is 16.7 Å². The van der Waals surface area contributed by atoms with Gasteiger partial charge in [-0.15, -0.1) is 0 Å². The molecule has 1 unspecified atom stereocenters. The van der Waals surface area contributed by atoms with Gasteiger partial charge < -0.3 is 10.3 Å². The Morgan fingerprint density at radius 1 is 1.61 bits per heavy atom. The molecule has 0 spiro atoms. The van der Waals surface area contributed by atoms with E-state index in [0.717, 1.165) is 12.2 Å². The van der Waals surface area contributed by atoms with Crippen molar-refractivity contribution in [3.05, 3.63) is 24.0 Å². The van der Waals surface area contributed by atoms with E-state index in [1.165, 1.54) is 0 Å². The highest BCUT2D eigenvalue weighted by molar-refractivity contribution is 7.98. The third-order valence-electron chi connectivity index (χ3n) is 2.87. The maximum Gasteiger partial charge on any atom is 0.272 e. The average Bonchev–Trinajstić information content (AvgIpc) is 2.43. The fraction of sp³-hybridized carbons (Fsp3) is 0.500. The summed E-state index contributed by atoms with van der Waals surface area (Å²) in [4.78, 5) is 18.0. The number of nitrogens with two attached hydrogens (primary N) is 1. The molecule has 5 nitrogen and oxygen atoms in total. The molecule has 1 rings (SSSR count). The van der Waals surface area contributed by atoms with Crippen LogP contribution in [0, 0.1) is 0 Å². The minimum absolute atomic E-state index is 0.0628. The molecule has 0 bridgehead atoms. The lowest BCUT2D eigenvalue weighted by Gasteiger charge is -2.24. The molecule has 100 valence electrons. The van der Waals surface area contributed by atoms with Crippen molar-refractivity contribution < 1.29 is 4.79 Å². The molecule has 0 aliphatic heterocycles. The Kier molecular flexibility index (Phi) is 5.94. The first-order valence-corrected chi connectivity index (χ1v) is 7.18. The molecular formula is C12H20N4OS. The second-order valence-electron chi connectivity index (χ2n) is 4.12. The summed E-state index contributed by atoms with van der Waals surface area (Å²) in [6.07, 6.45) is 4.59. The molecule has 1 aromatic heterocycles. The summed E-state index contributed by atoms with van der Waals surface area (Å²) in [5.74, 6) is 6.23. The van der Waals surface area contributed by atoms with Gasteiger partial charge in [-0.1, -0.05) is 0 Å². The molecule has 1 atom stereocenters. The third-order valence-corrected chi connectivity index (χ3v) is 3.51. The zero-order valence-corrected chi connectivity index (χ0v) is 11.8. The van der Waals surface area contributed by atoms with Crippen molar-refractivity contribution in [1.82, 2.24) is 9.88 Å². The van der Waals surface area contributed by atoms with Gasteiger partial charge in [-0.25, -0.2) is 4.98 Å². The van der Waals surface area contributed by atoms with E-state index >= 15 is 0 Å². The number of nitrogens with zero attached hydrogens (tertiary/aromatic N) is 2. The van der Waals surface area contributed by atoms with Crippen molar-refractivity contribution >= 4 is 23.4 Å². The van der Waals surface area contributed by atoms with Crippen molar-refractivity contribution in [3.63, 3.8) is 0 Å². The van der Waals surface area contributed by atoms with Gasteiger partial charge in [0.05, 0.1) is 11.9 Å². The normalized spacial score (nSPS) is 12.0. The molecule has 0 saturated carbocycles. The van der Waals surface area contributed by atoms with Crippen LogP contribution in [0.4, 0.5) is 5.69 Å². The van der Waals surface area contributed by atoms with Crippen LogP contribution in [0.1, 0.15) is 23.8 Å². The van der Waals surface area contributed by atoms with Gasteiger partial charge in [-0.3, -0.25) is 10.6 Å². The molecule has 0 radical (unpaired) electrons. The minimum atomic E-state index is -0.0628. The van der Waals surface area contributed by atoms with Crippen LogP contribution in [0.15, 0.2) is 18.3 Å². The molecule has 1 heterocycles. The highest BCUT2D eigenvalue weighted by Crippen LogP contribution is 2.11. The predicted molar refractivity (Wildman–Crippen MR) is 76.6 cm³/mol. The van der Waals surface area contributed by atoms with Gasteiger partial charge in [0.1, 0.15) is 5.69 Å². The van der Waals surface area contributed by atoms with Crippen LogP contribution in [0.25, 0.3) is 0 Å². The lowest BCUT2D eigenvalue weighted by molar-refractivity contribution is 0.0735. The van der Waals surface area contributed by atoms with Crippen molar-refractivity contribution in [1.29, 1.82) is 0 Å². The number of thioether (sulfide) groups is 1. The first-order valence-electron chi connectivity index (χ1n) is 5.79.